The number of nitrogens with zero attached hydrogens (tertiary/aromatic N) is 1. The molecule has 1 heterocycles. The average molecular weight is 351 g/mol. The maximum absolute atomic E-state index is 12.7. The van der Waals surface area contributed by atoms with Crippen LogP contribution in [0.4, 0.5) is 4.79 Å². The smallest absolute Gasteiger partial charge is 0.410 e. The van der Waals surface area contributed by atoms with Crippen LogP contribution in [0.3, 0.4) is 0 Å². The fourth-order valence-electron chi connectivity index (χ4n) is 3.26. The van der Waals surface area contributed by atoms with Crippen LogP contribution in [0.25, 0.3) is 0 Å². The van der Waals surface area contributed by atoms with Gasteiger partial charge in [0.25, 0.3) is 0 Å². The van der Waals surface area contributed by atoms with Crippen LogP contribution >= 0.6 is 0 Å². The largest absolute Gasteiger partial charge is 0.444 e. The van der Waals surface area contributed by atoms with Crippen molar-refractivity contribution in [3.05, 3.63) is 71.3 Å². The fraction of sp³-hybridized carbons (Fsp3) is 0.364. The lowest BCUT2D eigenvalue weighted by Gasteiger charge is -2.37. The van der Waals surface area contributed by atoms with Crippen LogP contribution in [0, 0.1) is 0 Å². The summed E-state index contributed by atoms with van der Waals surface area (Å²) in [7, 11) is 0. The lowest BCUT2D eigenvalue weighted by Crippen LogP contribution is -2.47. The van der Waals surface area contributed by atoms with Crippen molar-refractivity contribution in [3.8, 4) is 0 Å². The van der Waals surface area contributed by atoms with Gasteiger partial charge >= 0.3 is 6.09 Å². The van der Waals surface area contributed by atoms with Gasteiger partial charge in [0.05, 0.1) is 0 Å². The molecule has 0 spiro atoms. The van der Waals surface area contributed by atoms with Gasteiger partial charge in [0, 0.05) is 24.6 Å². The third-order valence-corrected chi connectivity index (χ3v) is 4.50. The van der Waals surface area contributed by atoms with Crippen LogP contribution in [0.5, 0.6) is 0 Å². The molecule has 136 valence electrons. The molecule has 1 atom stereocenters. The molecule has 0 N–H and O–H groups in total. The van der Waals surface area contributed by atoms with Crippen molar-refractivity contribution in [2.45, 2.75) is 51.8 Å². The first-order valence-corrected chi connectivity index (χ1v) is 8.98. The van der Waals surface area contributed by atoms with Crippen LogP contribution in [0.1, 0.15) is 48.7 Å². The molecule has 0 saturated carbocycles. The van der Waals surface area contributed by atoms with Gasteiger partial charge in [-0.05, 0) is 38.3 Å². The van der Waals surface area contributed by atoms with Crippen molar-refractivity contribution >= 4 is 11.9 Å². The summed E-state index contributed by atoms with van der Waals surface area (Å²) in [5.41, 5.74) is 2.41. The quantitative estimate of drug-likeness (QED) is 0.758. The molecule has 2 aromatic rings. The van der Waals surface area contributed by atoms with Gasteiger partial charge in [0.2, 0.25) is 0 Å². The molecule has 0 aliphatic carbocycles. The van der Waals surface area contributed by atoms with E-state index in [-0.39, 0.29) is 24.3 Å². The van der Waals surface area contributed by atoms with Gasteiger partial charge in [-0.3, -0.25) is 4.79 Å². The van der Waals surface area contributed by atoms with Crippen LogP contribution in [0.2, 0.25) is 0 Å². The highest BCUT2D eigenvalue weighted by molar-refractivity contribution is 5.96. The van der Waals surface area contributed by atoms with E-state index in [1.165, 1.54) is 5.56 Å². The number of Topliss-reactive ketones (excluding diaryl/α,β-unsaturated/α-hetero) is 1. The zero-order chi connectivity index (χ0) is 18.7. The predicted molar refractivity (Wildman–Crippen MR) is 101 cm³/mol. The van der Waals surface area contributed by atoms with Gasteiger partial charge in [0.15, 0.2) is 5.78 Å². The van der Waals surface area contributed by atoms with Crippen molar-refractivity contribution in [2.24, 2.45) is 0 Å². The molecule has 26 heavy (non-hydrogen) atoms. The summed E-state index contributed by atoms with van der Waals surface area (Å²) in [5, 5.41) is 0. The van der Waals surface area contributed by atoms with Crippen LogP contribution in [0.15, 0.2) is 54.6 Å². The molecule has 0 aromatic heterocycles. The number of rotatable bonds is 3. The standard InChI is InChI=1S/C22H25NO3/c1-22(2,3)26-21(25)23-15-18-12-8-7-11-17(18)13-19(23)14-20(24)16-9-5-4-6-10-16/h4-12,19H,13-15H2,1-3H3/t19-/m0/s1. The van der Waals surface area contributed by atoms with E-state index in [0.29, 0.717) is 18.5 Å². The third kappa shape index (κ3) is 4.31. The molecule has 2 aromatic carbocycles. The second kappa shape index (κ2) is 7.32. The molecular formula is C22H25NO3. The highest BCUT2D eigenvalue weighted by atomic mass is 16.6. The van der Waals surface area contributed by atoms with E-state index in [1.807, 2.05) is 69.3 Å². The van der Waals surface area contributed by atoms with Crippen LogP contribution < -0.4 is 0 Å². The SMILES string of the molecule is CC(C)(C)OC(=O)N1Cc2ccccc2C[C@H]1CC(=O)c1ccccc1. The second-order valence-electron chi connectivity index (χ2n) is 7.73. The Kier molecular flexibility index (Phi) is 5.12. The average Bonchev–Trinajstić information content (AvgIpc) is 2.60. The van der Waals surface area contributed by atoms with E-state index < -0.39 is 5.60 Å². The van der Waals surface area contributed by atoms with Crippen molar-refractivity contribution in [2.75, 3.05) is 0 Å². The van der Waals surface area contributed by atoms with Gasteiger partial charge in [-0.1, -0.05) is 54.6 Å². The first kappa shape index (κ1) is 18.2. The van der Waals surface area contributed by atoms with Crippen molar-refractivity contribution in [1.82, 2.24) is 4.90 Å². The Balaban J connectivity index is 1.84. The van der Waals surface area contributed by atoms with Gasteiger partial charge in [0.1, 0.15) is 5.60 Å². The number of fused-ring (bicyclic) bond motifs is 1. The summed E-state index contributed by atoms with van der Waals surface area (Å²) in [4.78, 5) is 27.1. The second-order valence-corrected chi connectivity index (χ2v) is 7.73. The molecule has 1 aliphatic heterocycles. The number of amides is 1. The number of carbonyl (C=O) groups is 2. The predicted octanol–water partition coefficient (Wildman–Crippen LogP) is 4.62. The van der Waals surface area contributed by atoms with E-state index >= 15 is 0 Å². The highest BCUT2D eigenvalue weighted by Crippen LogP contribution is 2.27. The van der Waals surface area contributed by atoms with Crippen molar-refractivity contribution < 1.29 is 14.3 Å². The maximum atomic E-state index is 12.7. The zero-order valence-electron chi connectivity index (χ0n) is 15.6. The molecule has 4 heteroatoms. The summed E-state index contributed by atoms with van der Waals surface area (Å²) in [6, 6.07) is 17.1. The molecule has 0 radical (unpaired) electrons. The summed E-state index contributed by atoms with van der Waals surface area (Å²) in [5.74, 6) is 0.0449. The summed E-state index contributed by atoms with van der Waals surface area (Å²) >= 11 is 0. The van der Waals surface area contributed by atoms with E-state index in [1.54, 1.807) is 4.90 Å². The van der Waals surface area contributed by atoms with Crippen molar-refractivity contribution in [1.29, 1.82) is 0 Å². The number of carbonyl (C=O) groups excluding carboxylic acids is 2. The minimum Gasteiger partial charge on any atom is -0.444 e. The zero-order valence-corrected chi connectivity index (χ0v) is 15.6. The number of hydrogen-bond donors (Lipinski definition) is 0. The molecule has 0 unspecified atom stereocenters. The van der Waals surface area contributed by atoms with E-state index in [9.17, 15) is 9.59 Å². The summed E-state index contributed by atoms with van der Waals surface area (Å²) < 4.78 is 5.59. The summed E-state index contributed by atoms with van der Waals surface area (Å²) in [6.07, 6.45) is 0.587. The minimum atomic E-state index is -0.567. The highest BCUT2D eigenvalue weighted by Gasteiger charge is 2.34. The number of hydrogen-bond acceptors (Lipinski definition) is 3. The molecule has 3 rings (SSSR count). The number of benzene rings is 2. The maximum Gasteiger partial charge on any atom is 0.410 e. The van der Waals surface area contributed by atoms with E-state index in [2.05, 4.69) is 6.07 Å². The Hall–Kier alpha value is -2.62. The molecule has 0 bridgehead atoms. The molecule has 0 fully saturated rings. The van der Waals surface area contributed by atoms with Gasteiger partial charge < -0.3 is 9.64 Å². The Morgan fingerprint density at radius 3 is 2.27 bits per heavy atom. The molecule has 1 aliphatic rings. The first-order chi connectivity index (χ1) is 12.3. The lowest BCUT2D eigenvalue weighted by atomic mass is 9.90. The topological polar surface area (TPSA) is 46.6 Å². The number of ketones is 1. The Labute approximate surface area is 154 Å². The third-order valence-electron chi connectivity index (χ3n) is 4.50. The molecule has 4 nitrogen and oxygen atoms in total. The van der Waals surface area contributed by atoms with Crippen LogP contribution in [-0.2, 0) is 17.7 Å². The Bertz CT molecular complexity index is 793. The minimum absolute atomic E-state index is 0.0449. The lowest BCUT2D eigenvalue weighted by molar-refractivity contribution is 0.0115. The van der Waals surface area contributed by atoms with Gasteiger partial charge in [-0.15, -0.1) is 0 Å². The van der Waals surface area contributed by atoms with Gasteiger partial charge in [-0.2, -0.15) is 0 Å². The molecule has 0 saturated heterocycles. The van der Waals surface area contributed by atoms with E-state index in [4.69, 9.17) is 4.74 Å². The molecule has 1 amide bonds. The van der Waals surface area contributed by atoms with E-state index in [0.717, 1.165) is 5.56 Å². The normalized spacial score (nSPS) is 16.7. The van der Waals surface area contributed by atoms with Crippen molar-refractivity contribution in [3.63, 3.8) is 0 Å². The first-order valence-electron chi connectivity index (χ1n) is 8.98. The fourth-order valence-corrected chi connectivity index (χ4v) is 3.26. The molecular weight excluding hydrogens is 326 g/mol. The van der Waals surface area contributed by atoms with Crippen LogP contribution in [-0.4, -0.2) is 28.4 Å². The van der Waals surface area contributed by atoms with Gasteiger partial charge in [-0.25, -0.2) is 4.79 Å². The summed E-state index contributed by atoms with van der Waals surface area (Å²) in [6.45, 7) is 6.03. The monoisotopic (exact) mass is 351 g/mol. The Morgan fingerprint density at radius 1 is 1.00 bits per heavy atom. The Morgan fingerprint density at radius 2 is 1.62 bits per heavy atom. The number of ether oxygens (including phenoxy) is 1.